The highest BCUT2D eigenvalue weighted by Crippen LogP contribution is 2.27. The Kier molecular flexibility index (Phi) is 5.59. The van der Waals surface area contributed by atoms with Gasteiger partial charge in [0.25, 0.3) is 0 Å². The first-order valence-corrected chi connectivity index (χ1v) is 7.88. The molecule has 20 heavy (non-hydrogen) atoms. The lowest BCUT2D eigenvalue weighted by Gasteiger charge is -2.21. The molecule has 1 amide bonds. The second-order valence-electron chi connectivity index (χ2n) is 4.89. The number of nitrogens with zero attached hydrogens (tertiary/aromatic N) is 1. The average molecular weight is 340 g/mol. The zero-order chi connectivity index (χ0) is 14.4. The first kappa shape index (κ1) is 15.0. The van der Waals surface area contributed by atoms with Gasteiger partial charge in [-0.25, -0.2) is 4.79 Å². The van der Waals surface area contributed by atoms with Gasteiger partial charge in [0.05, 0.1) is 5.33 Å². The number of halogens is 1. The van der Waals surface area contributed by atoms with E-state index in [1.165, 1.54) is 0 Å². The summed E-state index contributed by atoms with van der Waals surface area (Å²) in [6.07, 6.45) is 2.06. The van der Waals surface area contributed by atoms with Crippen molar-refractivity contribution in [3.63, 3.8) is 0 Å². The minimum atomic E-state index is -0.321. The number of carbonyl (C=O) groups is 2. The summed E-state index contributed by atoms with van der Waals surface area (Å²) >= 11 is 3.13. The van der Waals surface area contributed by atoms with E-state index in [1.807, 2.05) is 30.3 Å². The molecule has 1 saturated carbocycles. The standard InChI is InChI=1S/C15H18BrNO3/c16-10-14(18)8-9-17(13-6-7-13)15(19)20-11-12-4-2-1-3-5-12/h1-5,13H,6-11H2. The number of alkyl halides is 1. The van der Waals surface area contributed by atoms with E-state index < -0.39 is 0 Å². The highest BCUT2D eigenvalue weighted by atomic mass is 79.9. The van der Waals surface area contributed by atoms with Crippen LogP contribution in [0.5, 0.6) is 0 Å². The maximum Gasteiger partial charge on any atom is 0.410 e. The predicted octanol–water partition coefficient (Wildman–Crippen LogP) is 3.14. The third-order valence-electron chi connectivity index (χ3n) is 3.21. The lowest BCUT2D eigenvalue weighted by Crippen LogP contribution is -2.35. The van der Waals surface area contributed by atoms with E-state index in [9.17, 15) is 9.59 Å². The molecule has 0 aromatic heterocycles. The van der Waals surface area contributed by atoms with Crippen molar-refractivity contribution < 1.29 is 14.3 Å². The van der Waals surface area contributed by atoms with Crippen molar-refractivity contribution >= 4 is 27.8 Å². The van der Waals surface area contributed by atoms with Crippen LogP contribution in [-0.4, -0.2) is 34.7 Å². The summed E-state index contributed by atoms with van der Waals surface area (Å²) in [5.41, 5.74) is 0.966. The van der Waals surface area contributed by atoms with Crippen LogP contribution < -0.4 is 0 Å². The van der Waals surface area contributed by atoms with E-state index in [4.69, 9.17) is 4.74 Å². The Balaban J connectivity index is 1.82. The molecule has 0 aliphatic heterocycles. The maximum absolute atomic E-state index is 12.1. The number of rotatable bonds is 7. The quantitative estimate of drug-likeness (QED) is 0.717. The molecule has 1 aliphatic carbocycles. The molecule has 0 N–H and O–H groups in total. The van der Waals surface area contributed by atoms with Crippen molar-refractivity contribution in [2.75, 3.05) is 11.9 Å². The van der Waals surface area contributed by atoms with Gasteiger partial charge < -0.3 is 9.64 Å². The number of Topliss-reactive ketones (excluding diaryl/α,β-unsaturated/α-hetero) is 1. The highest BCUT2D eigenvalue weighted by molar-refractivity contribution is 9.09. The summed E-state index contributed by atoms with van der Waals surface area (Å²) in [5.74, 6) is 0.103. The van der Waals surface area contributed by atoms with E-state index in [2.05, 4.69) is 15.9 Å². The van der Waals surface area contributed by atoms with Crippen LogP contribution in [0.25, 0.3) is 0 Å². The van der Waals surface area contributed by atoms with Crippen molar-refractivity contribution in [2.24, 2.45) is 0 Å². The van der Waals surface area contributed by atoms with Gasteiger partial charge in [-0.05, 0) is 18.4 Å². The first-order chi connectivity index (χ1) is 9.70. The molecular formula is C15H18BrNO3. The molecule has 1 aliphatic rings. The van der Waals surface area contributed by atoms with Crippen molar-refractivity contribution in [1.82, 2.24) is 4.90 Å². The smallest absolute Gasteiger partial charge is 0.410 e. The van der Waals surface area contributed by atoms with Crippen LogP contribution in [-0.2, 0) is 16.1 Å². The normalized spacial score (nSPS) is 13.8. The van der Waals surface area contributed by atoms with Gasteiger partial charge in [-0.3, -0.25) is 4.79 Å². The van der Waals surface area contributed by atoms with Gasteiger partial charge in [-0.15, -0.1) is 0 Å². The molecule has 108 valence electrons. The average Bonchev–Trinajstić information content (AvgIpc) is 3.31. The molecule has 0 bridgehead atoms. The van der Waals surface area contributed by atoms with Gasteiger partial charge in [-0.1, -0.05) is 46.3 Å². The van der Waals surface area contributed by atoms with Crippen molar-refractivity contribution in [1.29, 1.82) is 0 Å². The fraction of sp³-hybridized carbons (Fsp3) is 0.467. The van der Waals surface area contributed by atoms with Gasteiger partial charge in [0, 0.05) is 19.0 Å². The molecule has 4 nitrogen and oxygen atoms in total. The summed E-state index contributed by atoms with van der Waals surface area (Å²) in [7, 11) is 0. The Morgan fingerprint density at radius 2 is 1.95 bits per heavy atom. The number of amides is 1. The zero-order valence-electron chi connectivity index (χ0n) is 11.3. The van der Waals surface area contributed by atoms with Crippen LogP contribution in [0.2, 0.25) is 0 Å². The second kappa shape index (κ2) is 7.43. The zero-order valence-corrected chi connectivity index (χ0v) is 12.8. The van der Waals surface area contributed by atoms with Crippen molar-refractivity contribution in [3.05, 3.63) is 35.9 Å². The van der Waals surface area contributed by atoms with Gasteiger partial charge >= 0.3 is 6.09 Å². The number of carbonyl (C=O) groups excluding carboxylic acids is 2. The molecule has 0 heterocycles. The lowest BCUT2D eigenvalue weighted by molar-refractivity contribution is -0.116. The van der Waals surface area contributed by atoms with E-state index >= 15 is 0 Å². The summed E-state index contributed by atoms with van der Waals surface area (Å²) in [4.78, 5) is 25.1. The molecule has 2 rings (SSSR count). The Hall–Kier alpha value is -1.36. The molecule has 5 heteroatoms. The SMILES string of the molecule is O=C(CBr)CCN(C(=O)OCc1ccccc1)C1CC1. The van der Waals surface area contributed by atoms with Gasteiger partial charge in [0.1, 0.15) is 12.4 Å². The van der Waals surface area contributed by atoms with Crippen LogP contribution in [0.1, 0.15) is 24.8 Å². The molecule has 1 fully saturated rings. The fourth-order valence-corrected chi connectivity index (χ4v) is 2.20. The van der Waals surface area contributed by atoms with Crippen molar-refractivity contribution in [2.45, 2.75) is 31.9 Å². The molecule has 0 unspecified atom stereocenters. The fourth-order valence-electron chi connectivity index (χ4n) is 1.92. The topological polar surface area (TPSA) is 46.6 Å². The van der Waals surface area contributed by atoms with E-state index in [-0.39, 0.29) is 24.5 Å². The Bertz CT molecular complexity index is 459. The highest BCUT2D eigenvalue weighted by Gasteiger charge is 2.33. The minimum Gasteiger partial charge on any atom is -0.445 e. The third-order valence-corrected chi connectivity index (χ3v) is 3.83. The number of ketones is 1. The van der Waals surface area contributed by atoms with Gasteiger partial charge in [0.15, 0.2) is 0 Å². The number of ether oxygens (including phenoxy) is 1. The molecule has 0 radical (unpaired) electrons. The van der Waals surface area contributed by atoms with E-state index in [1.54, 1.807) is 4.90 Å². The van der Waals surface area contributed by atoms with E-state index in [0.717, 1.165) is 18.4 Å². The van der Waals surface area contributed by atoms with E-state index in [0.29, 0.717) is 18.3 Å². The van der Waals surface area contributed by atoms with Crippen LogP contribution in [0, 0.1) is 0 Å². The second-order valence-corrected chi connectivity index (χ2v) is 5.45. The summed E-state index contributed by atoms with van der Waals surface area (Å²) in [6, 6.07) is 9.84. The van der Waals surface area contributed by atoms with Gasteiger partial charge in [-0.2, -0.15) is 0 Å². The number of benzene rings is 1. The molecule has 1 aromatic rings. The predicted molar refractivity (Wildman–Crippen MR) is 79.8 cm³/mol. The minimum absolute atomic E-state index is 0.103. The summed E-state index contributed by atoms with van der Waals surface area (Å²) in [6.45, 7) is 0.720. The molecule has 0 spiro atoms. The first-order valence-electron chi connectivity index (χ1n) is 6.75. The Morgan fingerprint density at radius 1 is 1.25 bits per heavy atom. The van der Waals surface area contributed by atoms with Crippen LogP contribution >= 0.6 is 15.9 Å². The largest absolute Gasteiger partial charge is 0.445 e. The Labute approximate surface area is 127 Å². The monoisotopic (exact) mass is 339 g/mol. The van der Waals surface area contributed by atoms with Gasteiger partial charge in [0.2, 0.25) is 0 Å². The third kappa shape index (κ3) is 4.63. The Morgan fingerprint density at radius 3 is 2.55 bits per heavy atom. The number of hydrogen-bond acceptors (Lipinski definition) is 3. The molecule has 1 aromatic carbocycles. The van der Waals surface area contributed by atoms with Crippen LogP contribution in [0.4, 0.5) is 4.79 Å². The molecule has 0 atom stereocenters. The number of hydrogen-bond donors (Lipinski definition) is 0. The summed E-state index contributed by atoms with van der Waals surface area (Å²) < 4.78 is 5.32. The lowest BCUT2D eigenvalue weighted by atomic mass is 10.2. The molecule has 0 saturated heterocycles. The molecular weight excluding hydrogens is 322 g/mol. The van der Waals surface area contributed by atoms with Crippen molar-refractivity contribution in [3.8, 4) is 0 Å². The van der Waals surface area contributed by atoms with Crippen LogP contribution in [0.15, 0.2) is 30.3 Å². The van der Waals surface area contributed by atoms with Crippen LogP contribution in [0.3, 0.4) is 0 Å². The summed E-state index contributed by atoms with van der Waals surface area (Å²) in [5, 5.41) is 0.338. The maximum atomic E-state index is 12.1.